The zero-order chi connectivity index (χ0) is 12.3. The maximum atomic E-state index is 5.79. The van der Waals surface area contributed by atoms with Crippen molar-refractivity contribution < 1.29 is 0 Å². The summed E-state index contributed by atoms with van der Waals surface area (Å²) in [6.45, 7) is 3.23. The van der Waals surface area contributed by atoms with E-state index in [2.05, 4.69) is 11.8 Å². The van der Waals surface area contributed by atoms with Gasteiger partial charge in [-0.15, -0.1) is 0 Å². The molecule has 0 saturated heterocycles. The van der Waals surface area contributed by atoms with Crippen LogP contribution in [0.4, 0.5) is 0 Å². The van der Waals surface area contributed by atoms with E-state index in [1.165, 1.54) is 51.4 Å². The van der Waals surface area contributed by atoms with Gasteiger partial charge in [-0.3, -0.25) is 4.90 Å². The van der Waals surface area contributed by atoms with Gasteiger partial charge < -0.3 is 5.73 Å². The fraction of sp³-hybridized carbons (Fsp3) is 0.929. The van der Waals surface area contributed by atoms with Gasteiger partial charge >= 0.3 is 0 Å². The smallest absolute Gasteiger partial charge is 0.0870 e. The van der Waals surface area contributed by atoms with Crippen molar-refractivity contribution in [2.75, 3.05) is 6.54 Å². The monoisotopic (exact) mass is 254 g/mol. The van der Waals surface area contributed by atoms with E-state index in [-0.39, 0.29) is 0 Å². The molecule has 0 aromatic carbocycles. The summed E-state index contributed by atoms with van der Waals surface area (Å²) in [5.41, 5.74) is 5.79. The van der Waals surface area contributed by atoms with Gasteiger partial charge in [0.1, 0.15) is 0 Å². The normalized spacial score (nSPS) is 30.9. The van der Waals surface area contributed by atoms with Crippen molar-refractivity contribution in [2.45, 2.75) is 70.4 Å². The van der Waals surface area contributed by atoms with Crippen molar-refractivity contribution in [3.8, 4) is 0 Å². The van der Waals surface area contributed by atoms with E-state index >= 15 is 0 Å². The molecule has 2 nitrogen and oxygen atoms in total. The first kappa shape index (κ1) is 13.3. The average molecular weight is 254 g/mol. The Kier molecular flexibility index (Phi) is 4.80. The van der Waals surface area contributed by atoms with Crippen molar-refractivity contribution in [2.24, 2.45) is 11.7 Å². The molecule has 2 saturated carbocycles. The van der Waals surface area contributed by atoms with Crippen LogP contribution in [0.5, 0.6) is 0 Å². The number of hydrogen-bond donors (Lipinski definition) is 1. The van der Waals surface area contributed by atoms with Crippen LogP contribution in [0.2, 0.25) is 0 Å². The van der Waals surface area contributed by atoms with E-state index in [1.807, 2.05) is 0 Å². The third-order valence-electron chi connectivity index (χ3n) is 4.51. The Morgan fingerprint density at radius 2 is 1.76 bits per heavy atom. The molecule has 2 aliphatic carbocycles. The quantitative estimate of drug-likeness (QED) is 0.782. The largest absolute Gasteiger partial charge is 0.392 e. The summed E-state index contributed by atoms with van der Waals surface area (Å²) in [5, 5.41) is 0. The van der Waals surface area contributed by atoms with Crippen LogP contribution >= 0.6 is 12.2 Å². The first-order valence-electron chi connectivity index (χ1n) is 7.21. The molecule has 3 heteroatoms. The minimum absolute atomic E-state index is 0.676. The van der Waals surface area contributed by atoms with Gasteiger partial charge in [0.2, 0.25) is 0 Å². The molecule has 0 heterocycles. The predicted octanol–water partition coefficient (Wildman–Crippen LogP) is 3.10. The molecular formula is C14H26N2S. The van der Waals surface area contributed by atoms with E-state index in [4.69, 9.17) is 18.0 Å². The van der Waals surface area contributed by atoms with Gasteiger partial charge in [0.05, 0.1) is 4.99 Å². The van der Waals surface area contributed by atoms with Crippen LogP contribution in [0, 0.1) is 5.92 Å². The molecule has 2 atom stereocenters. The molecule has 98 valence electrons. The number of nitrogens with zero attached hydrogens (tertiary/aromatic N) is 1. The Morgan fingerprint density at radius 1 is 1.12 bits per heavy atom. The predicted molar refractivity (Wildman–Crippen MR) is 77.2 cm³/mol. The first-order chi connectivity index (χ1) is 8.16. The number of hydrogen-bond acceptors (Lipinski definition) is 2. The molecule has 2 fully saturated rings. The summed E-state index contributed by atoms with van der Waals surface area (Å²) in [6.07, 6.45) is 11.0. The van der Waals surface area contributed by atoms with Crippen molar-refractivity contribution >= 4 is 17.2 Å². The van der Waals surface area contributed by atoms with Crippen LogP contribution in [0.25, 0.3) is 0 Å². The first-order valence-corrected chi connectivity index (χ1v) is 7.61. The van der Waals surface area contributed by atoms with Crippen LogP contribution in [0.3, 0.4) is 0 Å². The molecule has 2 rings (SSSR count). The maximum absolute atomic E-state index is 5.79. The van der Waals surface area contributed by atoms with Crippen LogP contribution in [0.1, 0.15) is 58.3 Å². The van der Waals surface area contributed by atoms with Crippen molar-refractivity contribution in [3.63, 3.8) is 0 Å². The molecule has 0 radical (unpaired) electrons. The molecule has 0 aliphatic heterocycles. The summed E-state index contributed by atoms with van der Waals surface area (Å²) >= 11 is 5.14. The minimum Gasteiger partial charge on any atom is -0.392 e. The maximum Gasteiger partial charge on any atom is 0.0870 e. The van der Waals surface area contributed by atoms with Gasteiger partial charge in [0.25, 0.3) is 0 Å². The molecule has 2 unspecified atom stereocenters. The summed E-state index contributed by atoms with van der Waals surface area (Å²) in [6, 6.07) is 1.50. The molecule has 0 aromatic rings. The molecule has 17 heavy (non-hydrogen) atoms. The molecular weight excluding hydrogens is 228 g/mol. The molecule has 0 aromatic heterocycles. The Balaban J connectivity index is 1.99. The second-order valence-corrected chi connectivity index (χ2v) is 6.53. The fourth-order valence-electron chi connectivity index (χ4n) is 3.68. The zero-order valence-corrected chi connectivity index (χ0v) is 11.8. The lowest BCUT2D eigenvalue weighted by Crippen LogP contribution is -2.47. The summed E-state index contributed by atoms with van der Waals surface area (Å²) in [4.78, 5) is 3.32. The average Bonchev–Trinajstić information content (AvgIpc) is 2.79. The Hall–Kier alpha value is -0.150. The van der Waals surface area contributed by atoms with E-state index < -0.39 is 0 Å². The van der Waals surface area contributed by atoms with Crippen LogP contribution in [-0.4, -0.2) is 28.5 Å². The third-order valence-corrected chi connectivity index (χ3v) is 4.64. The standard InChI is InChI=1S/C14H26N2S/c1-11-5-4-8-13(9-11)16(10-14(15)17)12-6-2-3-7-12/h11-13H,2-10H2,1H3,(H2,15,17). The summed E-state index contributed by atoms with van der Waals surface area (Å²) < 4.78 is 0. The van der Waals surface area contributed by atoms with E-state index in [9.17, 15) is 0 Å². The second kappa shape index (κ2) is 6.14. The lowest BCUT2D eigenvalue weighted by atomic mass is 9.85. The number of nitrogens with two attached hydrogens (primary N) is 1. The van der Waals surface area contributed by atoms with E-state index in [0.29, 0.717) is 4.99 Å². The van der Waals surface area contributed by atoms with Gasteiger partial charge in [-0.25, -0.2) is 0 Å². The van der Waals surface area contributed by atoms with Gasteiger partial charge in [-0.1, -0.05) is 44.8 Å². The van der Waals surface area contributed by atoms with E-state index in [1.54, 1.807) is 0 Å². The lowest BCUT2D eigenvalue weighted by Gasteiger charge is -2.40. The van der Waals surface area contributed by atoms with Gasteiger partial charge in [0.15, 0.2) is 0 Å². The second-order valence-electron chi connectivity index (χ2n) is 6.00. The van der Waals surface area contributed by atoms with Gasteiger partial charge in [-0.05, 0) is 31.6 Å². The SMILES string of the molecule is CC1CCCC(N(CC(N)=S)C2CCCC2)C1. The fourth-order valence-corrected chi connectivity index (χ4v) is 3.82. The molecule has 2 aliphatic rings. The zero-order valence-electron chi connectivity index (χ0n) is 11.0. The topological polar surface area (TPSA) is 29.3 Å². The van der Waals surface area contributed by atoms with E-state index in [0.717, 1.165) is 24.5 Å². The van der Waals surface area contributed by atoms with Crippen LogP contribution in [-0.2, 0) is 0 Å². The lowest BCUT2D eigenvalue weighted by molar-refractivity contribution is 0.108. The molecule has 2 N–H and O–H groups in total. The highest BCUT2D eigenvalue weighted by molar-refractivity contribution is 7.80. The van der Waals surface area contributed by atoms with Crippen LogP contribution in [0.15, 0.2) is 0 Å². The Morgan fingerprint density at radius 3 is 2.35 bits per heavy atom. The molecule has 0 bridgehead atoms. The van der Waals surface area contributed by atoms with Crippen molar-refractivity contribution in [3.05, 3.63) is 0 Å². The number of rotatable bonds is 4. The summed E-state index contributed by atoms with van der Waals surface area (Å²) in [7, 11) is 0. The highest BCUT2D eigenvalue weighted by Crippen LogP contribution is 2.32. The van der Waals surface area contributed by atoms with Crippen molar-refractivity contribution in [1.82, 2.24) is 4.90 Å². The van der Waals surface area contributed by atoms with Crippen molar-refractivity contribution in [1.29, 1.82) is 0 Å². The highest BCUT2D eigenvalue weighted by atomic mass is 32.1. The molecule has 0 spiro atoms. The Labute approximate surface area is 111 Å². The summed E-state index contributed by atoms with van der Waals surface area (Å²) in [5.74, 6) is 0.879. The highest BCUT2D eigenvalue weighted by Gasteiger charge is 2.31. The third kappa shape index (κ3) is 3.65. The van der Waals surface area contributed by atoms with Gasteiger partial charge in [0, 0.05) is 18.6 Å². The number of thiocarbonyl (C=S) groups is 1. The Bertz CT molecular complexity index is 261. The van der Waals surface area contributed by atoms with Crippen LogP contribution < -0.4 is 5.73 Å². The minimum atomic E-state index is 0.676. The van der Waals surface area contributed by atoms with Gasteiger partial charge in [-0.2, -0.15) is 0 Å². The molecule has 0 amide bonds.